The number of thiazole rings is 1. The Morgan fingerprint density at radius 3 is 2.64 bits per heavy atom. The van der Waals surface area contributed by atoms with E-state index in [1.807, 2.05) is 0 Å². The van der Waals surface area contributed by atoms with Crippen LogP contribution in [0.3, 0.4) is 0 Å². The molecule has 0 spiro atoms. The summed E-state index contributed by atoms with van der Waals surface area (Å²) in [5.74, 6) is 0.206. The molecule has 1 amide bonds. The summed E-state index contributed by atoms with van der Waals surface area (Å²) >= 11 is 1.19. The van der Waals surface area contributed by atoms with Gasteiger partial charge in [0.1, 0.15) is 5.76 Å². The summed E-state index contributed by atoms with van der Waals surface area (Å²) in [6, 6.07) is 9.27. The van der Waals surface area contributed by atoms with Crippen molar-refractivity contribution >= 4 is 44.2 Å². The molecule has 0 radical (unpaired) electrons. The molecule has 0 aliphatic carbocycles. The van der Waals surface area contributed by atoms with Gasteiger partial charge in [0.15, 0.2) is 5.13 Å². The third-order valence-corrected chi connectivity index (χ3v) is 5.20. The Bertz CT molecular complexity index is 961. The minimum Gasteiger partial charge on any atom is -0.465 e. The number of aromatic nitrogens is 1. The number of sulfonamides is 1. The van der Waals surface area contributed by atoms with E-state index in [2.05, 4.69) is 15.0 Å². The third kappa shape index (κ3) is 4.55. The standard InChI is InChI=1S/C16H13N3O4S2/c20-15(8-5-13-2-1-10-23-13)18-12-3-6-14(7-4-12)25(21,22)19-16-17-9-11-24-16/h1-11H,(H,17,19)(H,18,20). The molecule has 9 heteroatoms. The van der Waals surface area contributed by atoms with E-state index < -0.39 is 10.0 Å². The fourth-order valence-corrected chi connectivity index (χ4v) is 3.68. The van der Waals surface area contributed by atoms with Gasteiger partial charge in [-0.1, -0.05) is 0 Å². The van der Waals surface area contributed by atoms with Crippen LogP contribution in [0.2, 0.25) is 0 Å². The van der Waals surface area contributed by atoms with Crippen molar-refractivity contribution < 1.29 is 17.6 Å². The first-order valence-corrected chi connectivity index (χ1v) is 9.44. The lowest BCUT2D eigenvalue weighted by molar-refractivity contribution is -0.111. The largest absolute Gasteiger partial charge is 0.465 e. The van der Waals surface area contributed by atoms with Crippen molar-refractivity contribution in [1.82, 2.24) is 4.98 Å². The van der Waals surface area contributed by atoms with E-state index >= 15 is 0 Å². The average Bonchev–Trinajstić information content (AvgIpc) is 3.27. The molecule has 0 aliphatic rings. The molecule has 2 heterocycles. The topological polar surface area (TPSA) is 101 Å². The molecule has 128 valence electrons. The van der Waals surface area contributed by atoms with Crippen LogP contribution in [0.1, 0.15) is 5.76 Å². The van der Waals surface area contributed by atoms with E-state index in [4.69, 9.17) is 4.42 Å². The smallest absolute Gasteiger partial charge is 0.263 e. The number of carbonyl (C=O) groups is 1. The summed E-state index contributed by atoms with van der Waals surface area (Å²) in [5.41, 5.74) is 0.474. The molecule has 0 bridgehead atoms. The lowest BCUT2D eigenvalue weighted by Crippen LogP contribution is -2.13. The van der Waals surface area contributed by atoms with Crippen LogP contribution in [0.15, 0.2) is 69.6 Å². The maximum Gasteiger partial charge on any atom is 0.263 e. The Labute approximate surface area is 148 Å². The zero-order chi connectivity index (χ0) is 17.7. The van der Waals surface area contributed by atoms with Crippen LogP contribution in [0.4, 0.5) is 10.8 Å². The third-order valence-electron chi connectivity index (χ3n) is 3.03. The van der Waals surface area contributed by atoms with Gasteiger partial charge in [0.25, 0.3) is 10.0 Å². The molecular formula is C16H13N3O4S2. The van der Waals surface area contributed by atoms with Gasteiger partial charge in [-0.05, 0) is 42.5 Å². The lowest BCUT2D eigenvalue weighted by atomic mass is 10.3. The fourth-order valence-electron chi connectivity index (χ4n) is 1.89. The van der Waals surface area contributed by atoms with Crippen molar-refractivity contribution in [3.05, 3.63) is 66.1 Å². The first-order valence-electron chi connectivity index (χ1n) is 7.08. The van der Waals surface area contributed by atoms with Crippen molar-refractivity contribution in [2.45, 2.75) is 4.90 Å². The molecule has 7 nitrogen and oxygen atoms in total. The number of nitrogens with one attached hydrogen (secondary N) is 2. The molecule has 3 aromatic rings. The van der Waals surface area contributed by atoms with Crippen LogP contribution >= 0.6 is 11.3 Å². The summed E-state index contributed by atoms with van der Waals surface area (Å²) in [6.07, 6.45) is 5.88. The van der Waals surface area contributed by atoms with Gasteiger partial charge in [0.05, 0.1) is 11.2 Å². The number of anilines is 2. The predicted molar refractivity (Wildman–Crippen MR) is 95.7 cm³/mol. The second-order valence-electron chi connectivity index (χ2n) is 4.81. The van der Waals surface area contributed by atoms with E-state index in [1.54, 1.807) is 17.5 Å². The summed E-state index contributed by atoms with van der Waals surface area (Å²) in [6.45, 7) is 0. The summed E-state index contributed by atoms with van der Waals surface area (Å²) in [4.78, 5) is 15.8. The van der Waals surface area contributed by atoms with Crippen LogP contribution < -0.4 is 10.0 Å². The fraction of sp³-hybridized carbons (Fsp3) is 0. The van der Waals surface area contributed by atoms with Gasteiger partial charge in [-0.25, -0.2) is 13.4 Å². The Kier molecular flexibility index (Phi) is 4.96. The Morgan fingerprint density at radius 1 is 1.20 bits per heavy atom. The quantitative estimate of drug-likeness (QED) is 0.644. The normalized spacial score (nSPS) is 11.5. The van der Waals surface area contributed by atoms with Crippen LogP contribution in [0.25, 0.3) is 6.08 Å². The highest BCUT2D eigenvalue weighted by Crippen LogP contribution is 2.19. The number of amides is 1. The average molecular weight is 375 g/mol. The maximum atomic E-state index is 12.2. The van der Waals surface area contributed by atoms with Gasteiger partial charge in [-0.2, -0.15) is 0 Å². The highest BCUT2D eigenvalue weighted by atomic mass is 32.2. The molecule has 2 aromatic heterocycles. The molecule has 0 aliphatic heterocycles. The molecule has 1 aromatic carbocycles. The molecular weight excluding hydrogens is 362 g/mol. The van der Waals surface area contributed by atoms with Crippen LogP contribution in [0.5, 0.6) is 0 Å². The Hall–Kier alpha value is -2.91. The highest BCUT2D eigenvalue weighted by molar-refractivity contribution is 7.93. The van der Waals surface area contributed by atoms with Crippen molar-refractivity contribution in [3.8, 4) is 0 Å². The summed E-state index contributed by atoms with van der Waals surface area (Å²) in [5, 5.41) is 4.60. The zero-order valence-electron chi connectivity index (χ0n) is 12.7. The predicted octanol–water partition coefficient (Wildman–Crippen LogP) is 3.19. The second-order valence-corrected chi connectivity index (χ2v) is 7.38. The number of furan rings is 1. The maximum absolute atomic E-state index is 12.2. The van der Waals surface area contributed by atoms with Crippen LogP contribution in [-0.2, 0) is 14.8 Å². The molecule has 0 saturated carbocycles. The van der Waals surface area contributed by atoms with Crippen molar-refractivity contribution in [1.29, 1.82) is 0 Å². The van der Waals surface area contributed by atoms with Crippen LogP contribution in [-0.4, -0.2) is 19.3 Å². The van der Waals surface area contributed by atoms with Gasteiger partial charge in [0.2, 0.25) is 5.91 Å². The molecule has 0 unspecified atom stereocenters. The number of benzene rings is 1. The van der Waals surface area contributed by atoms with Crippen molar-refractivity contribution in [3.63, 3.8) is 0 Å². The van der Waals surface area contributed by atoms with E-state index in [0.29, 0.717) is 16.6 Å². The Morgan fingerprint density at radius 2 is 2.00 bits per heavy atom. The SMILES string of the molecule is O=C(C=Cc1ccco1)Nc1ccc(S(=O)(=O)Nc2nccs2)cc1. The van der Waals surface area contributed by atoms with E-state index in [-0.39, 0.29) is 10.8 Å². The number of rotatable bonds is 6. The first kappa shape index (κ1) is 16.9. The minimum atomic E-state index is -3.71. The van der Waals surface area contributed by atoms with E-state index in [1.165, 1.54) is 60.2 Å². The van der Waals surface area contributed by atoms with Gasteiger partial charge >= 0.3 is 0 Å². The van der Waals surface area contributed by atoms with Gasteiger partial charge in [-0.3, -0.25) is 9.52 Å². The number of carbonyl (C=O) groups excluding carboxylic acids is 1. The molecule has 25 heavy (non-hydrogen) atoms. The van der Waals surface area contributed by atoms with Crippen LogP contribution in [0, 0.1) is 0 Å². The summed E-state index contributed by atoms with van der Waals surface area (Å²) in [7, 11) is -3.71. The van der Waals surface area contributed by atoms with Gasteiger partial charge in [-0.15, -0.1) is 11.3 Å². The van der Waals surface area contributed by atoms with E-state index in [0.717, 1.165) is 0 Å². The molecule has 0 fully saturated rings. The molecule has 0 saturated heterocycles. The summed E-state index contributed by atoms with van der Waals surface area (Å²) < 4.78 is 31.9. The number of hydrogen-bond acceptors (Lipinski definition) is 6. The van der Waals surface area contributed by atoms with Crippen molar-refractivity contribution in [2.75, 3.05) is 10.0 Å². The Balaban J connectivity index is 1.64. The molecule has 3 rings (SSSR count). The zero-order valence-corrected chi connectivity index (χ0v) is 14.4. The minimum absolute atomic E-state index is 0.0758. The highest BCUT2D eigenvalue weighted by Gasteiger charge is 2.15. The van der Waals surface area contributed by atoms with Crippen molar-refractivity contribution in [2.24, 2.45) is 0 Å². The number of nitrogens with zero attached hydrogens (tertiary/aromatic N) is 1. The van der Waals surface area contributed by atoms with E-state index in [9.17, 15) is 13.2 Å². The van der Waals surface area contributed by atoms with Gasteiger partial charge in [0, 0.05) is 23.3 Å². The second kappa shape index (κ2) is 7.32. The van der Waals surface area contributed by atoms with Gasteiger partial charge < -0.3 is 9.73 Å². The lowest BCUT2D eigenvalue weighted by Gasteiger charge is -2.07. The monoisotopic (exact) mass is 375 g/mol. The molecule has 2 N–H and O–H groups in total. The first-order chi connectivity index (χ1) is 12.0. The molecule has 0 atom stereocenters. The number of hydrogen-bond donors (Lipinski definition) is 2.